The van der Waals surface area contributed by atoms with E-state index in [1.807, 2.05) is 13.8 Å². The highest BCUT2D eigenvalue weighted by atomic mass is 16.6. The van der Waals surface area contributed by atoms with Gasteiger partial charge < -0.3 is 19.5 Å². The molecule has 0 heterocycles. The van der Waals surface area contributed by atoms with Gasteiger partial charge in [-0.15, -0.1) is 0 Å². The molecule has 0 aromatic heterocycles. The average Bonchev–Trinajstić information content (AvgIpc) is 2.63. The normalized spacial score (nSPS) is 11.4. The Morgan fingerprint density at radius 2 is 1.85 bits per heavy atom. The number of nitro groups is 1. The highest BCUT2D eigenvalue weighted by Gasteiger charge is 2.23. The molecular formula is C17H22N2O8. The zero-order valence-electron chi connectivity index (χ0n) is 15.3. The van der Waals surface area contributed by atoms with Gasteiger partial charge in [-0.3, -0.25) is 14.9 Å². The first-order valence-corrected chi connectivity index (χ1v) is 8.13. The number of methoxy groups -OCH3 is 1. The van der Waals surface area contributed by atoms with Gasteiger partial charge in [0.05, 0.1) is 12.0 Å². The van der Waals surface area contributed by atoms with E-state index in [-0.39, 0.29) is 17.4 Å². The number of nitro benzene ring substituents is 1. The number of para-hydroxylation sites is 2. The lowest BCUT2D eigenvalue weighted by Crippen LogP contribution is -2.44. The molecule has 1 amide bonds. The Hall–Kier alpha value is -3.17. The van der Waals surface area contributed by atoms with Gasteiger partial charge in [0, 0.05) is 6.07 Å². The van der Waals surface area contributed by atoms with Crippen LogP contribution in [0.3, 0.4) is 0 Å². The van der Waals surface area contributed by atoms with Crippen LogP contribution in [0, 0.1) is 16.0 Å². The van der Waals surface area contributed by atoms with Crippen molar-refractivity contribution in [3.8, 4) is 5.75 Å². The first-order chi connectivity index (χ1) is 12.7. The molecular weight excluding hydrogens is 360 g/mol. The standard InChI is InChI=1S/C17H22N2O8/c1-11(2)8-12(17(22)25-3)18-15(20)9-27-16(21)10-26-14-7-5-4-6-13(14)19(23)24/h4-7,11-12H,8-10H2,1-3H3,(H,18,20)/t12-/m1/s1. The number of carbonyl (C=O) groups is 3. The smallest absolute Gasteiger partial charge is 0.344 e. The van der Waals surface area contributed by atoms with E-state index in [9.17, 15) is 24.5 Å². The van der Waals surface area contributed by atoms with Gasteiger partial charge in [0.15, 0.2) is 19.0 Å². The number of rotatable bonds is 10. The van der Waals surface area contributed by atoms with E-state index >= 15 is 0 Å². The Kier molecular flexibility index (Phi) is 8.70. The molecule has 0 radical (unpaired) electrons. The second-order valence-corrected chi connectivity index (χ2v) is 5.95. The molecule has 0 aliphatic carbocycles. The van der Waals surface area contributed by atoms with E-state index in [1.165, 1.54) is 31.4 Å². The third kappa shape index (κ3) is 7.72. The fourth-order valence-electron chi connectivity index (χ4n) is 2.12. The van der Waals surface area contributed by atoms with Gasteiger partial charge in [-0.25, -0.2) is 9.59 Å². The summed E-state index contributed by atoms with van der Waals surface area (Å²) in [4.78, 5) is 45.4. The molecule has 0 spiro atoms. The lowest BCUT2D eigenvalue weighted by Gasteiger charge is -2.18. The van der Waals surface area contributed by atoms with Crippen molar-refractivity contribution < 1.29 is 33.5 Å². The first kappa shape index (κ1) is 21.9. The maximum absolute atomic E-state index is 11.9. The van der Waals surface area contributed by atoms with E-state index in [1.54, 1.807) is 0 Å². The van der Waals surface area contributed by atoms with Crippen LogP contribution < -0.4 is 10.1 Å². The van der Waals surface area contributed by atoms with Crippen LogP contribution in [-0.4, -0.2) is 49.1 Å². The molecule has 1 atom stereocenters. The molecule has 1 aromatic carbocycles. The van der Waals surface area contributed by atoms with Gasteiger partial charge in [0.1, 0.15) is 6.04 Å². The zero-order valence-corrected chi connectivity index (χ0v) is 15.3. The minimum atomic E-state index is -0.887. The molecule has 0 bridgehead atoms. The van der Waals surface area contributed by atoms with E-state index < -0.39 is 42.0 Å². The van der Waals surface area contributed by atoms with Crippen molar-refractivity contribution in [2.24, 2.45) is 5.92 Å². The lowest BCUT2D eigenvalue weighted by molar-refractivity contribution is -0.385. The van der Waals surface area contributed by atoms with Crippen LogP contribution >= 0.6 is 0 Å². The number of benzene rings is 1. The van der Waals surface area contributed by atoms with Gasteiger partial charge in [-0.1, -0.05) is 26.0 Å². The molecule has 0 aliphatic rings. The van der Waals surface area contributed by atoms with Gasteiger partial charge in [-0.2, -0.15) is 0 Å². The molecule has 1 N–H and O–H groups in total. The van der Waals surface area contributed by atoms with Crippen LogP contribution in [0.1, 0.15) is 20.3 Å². The summed E-state index contributed by atoms with van der Waals surface area (Å²) in [6.45, 7) is 2.53. The third-order valence-corrected chi connectivity index (χ3v) is 3.30. The molecule has 0 fully saturated rings. The summed E-state index contributed by atoms with van der Waals surface area (Å²) >= 11 is 0. The van der Waals surface area contributed by atoms with Gasteiger partial charge in [0.2, 0.25) is 0 Å². The van der Waals surface area contributed by atoms with Crippen LogP contribution in [0.15, 0.2) is 24.3 Å². The number of ether oxygens (including phenoxy) is 3. The second-order valence-electron chi connectivity index (χ2n) is 5.95. The summed E-state index contributed by atoms with van der Waals surface area (Å²) < 4.78 is 14.4. The monoisotopic (exact) mass is 382 g/mol. The van der Waals surface area contributed by atoms with Crippen LogP contribution in [0.4, 0.5) is 5.69 Å². The number of nitrogens with zero attached hydrogens (tertiary/aromatic N) is 1. The first-order valence-electron chi connectivity index (χ1n) is 8.13. The van der Waals surface area contributed by atoms with Crippen LogP contribution in [0.5, 0.6) is 5.75 Å². The topological polar surface area (TPSA) is 134 Å². The summed E-state index contributed by atoms with van der Waals surface area (Å²) in [7, 11) is 1.21. The largest absolute Gasteiger partial charge is 0.475 e. The van der Waals surface area contributed by atoms with Gasteiger partial charge in [-0.05, 0) is 18.4 Å². The van der Waals surface area contributed by atoms with Crippen molar-refractivity contribution in [3.63, 3.8) is 0 Å². The molecule has 0 saturated carbocycles. The fraction of sp³-hybridized carbons (Fsp3) is 0.471. The Bertz CT molecular complexity index is 689. The summed E-state index contributed by atoms with van der Waals surface area (Å²) in [6.07, 6.45) is 0.368. The zero-order chi connectivity index (χ0) is 20.4. The quantitative estimate of drug-likeness (QED) is 0.363. The molecule has 10 heteroatoms. The summed E-state index contributed by atoms with van der Waals surface area (Å²) in [5.74, 6) is -2.12. The summed E-state index contributed by atoms with van der Waals surface area (Å²) in [5.41, 5.74) is -0.294. The molecule has 27 heavy (non-hydrogen) atoms. The van der Waals surface area contributed by atoms with E-state index in [4.69, 9.17) is 9.47 Å². The second kappa shape index (κ2) is 10.7. The van der Waals surface area contributed by atoms with Crippen LogP contribution in [0.2, 0.25) is 0 Å². The minimum absolute atomic E-state index is 0.0911. The van der Waals surface area contributed by atoms with Gasteiger partial charge in [0.25, 0.3) is 5.91 Å². The molecule has 0 unspecified atom stereocenters. The number of nitrogens with one attached hydrogen (secondary N) is 1. The predicted molar refractivity (Wildman–Crippen MR) is 93.0 cm³/mol. The van der Waals surface area contributed by atoms with Crippen molar-refractivity contribution in [2.75, 3.05) is 20.3 Å². The van der Waals surface area contributed by atoms with Gasteiger partial charge >= 0.3 is 17.6 Å². The maximum atomic E-state index is 11.9. The number of hydrogen-bond donors (Lipinski definition) is 1. The highest BCUT2D eigenvalue weighted by molar-refractivity contribution is 5.86. The van der Waals surface area contributed by atoms with Crippen molar-refractivity contribution in [3.05, 3.63) is 34.4 Å². The predicted octanol–water partition coefficient (Wildman–Crippen LogP) is 1.22. The number of esters is 2. The van der Waals surface area contributed by atoms with Crippen LogP contribution in [-0.2, 0) is 23.9 Å². The molecule has 10 nitrogen and oxygen atoms in total. The Morgan fingerprint density at radius 1 is 1.19 bits per heavy atom. The molecule has 0 saturated heterocycles. The number of hydrogen-bond acceptors (Lipinski definition) is 8. The maximum Gasteiger partial charge on any atom is 0.344 e. The Morgan fingerprint density at radius 3 is 2.44 bits per heavy atom. The van der Waals surface area contributed by atoms with Crippen molar-refractivity contribution in [1.82, 2.24) is 5.32 Å². The summed E-state index contributed by atoms with van der Waals surface area (Å²) in [6, 6.07) is 4.70. The van der Waals surface area contributed by atoms with Crippen molar-refractivity contribution in [1.29, 1.82) is 0 Å². The summed E-state index contributed by atoms with van der Waals surface area (Å²) in [5, 5.41) is 13.3. The fourth-order valence-corrected chi connectivity index (χ4v) is 2.12. The molecule has 148 valence electrons. The Labute approximate surface area is 155 Å². The Balaban J connectivity index is 2.48. The van der Waals surface area contributed by atoms with Crippen molar-refractivity contribution >= 4 is 23.5 Å². The third-order valence-electron chi connectivity index (χ3n) is 3.30. The van der Waals surface area contributed by atoms with E-state index in [0.29, 0.717) is 6.42 Å². The number of amides is 1. The molecule has 1 aromatic rings. The van der Waals surface area contributed by atoms with E-state index in [2.05, 4.69) is 10.1 Å². The highest BCUT2D eigenvalue weighted by Crippen LogP contribution is 2.25. The van der Waals surface area contributed by atoms with Crippen molar-refractivity contribution in [2.45, 2.75) is 26.3 Å². The lowest BCUT2D eigenvalue weighted by atomic mass is 10.0. The minimum Gasteiger partial charge on any atom is -0.475 e. The van der Waals surface area contributed by atoms with Crippen LogP contribution in [0.25, 0.3) is 0 Å². The van der Waals surface area contributed by atoms with E-state index in [0.717, 1.165) is 0 Å². The SMILES string of the molecule is COC(=O)[C@@H](CC(C)C)NC(=O)COC(=O)COc1ccccc1[N+](=O)[O-]. The molecule has 0 aliphatic heterocycles. The average molecular weight is 382 g/mol. The number of carbonyl (C=O) groups excluding carboxylic acids is 3. The molecule has 1 rings (SSSR count).